The molecule has 0 radical (unpaired) electrons. The van der Waals surface area contributed by atoms with E-state index in [0.717, 1.165) is 11.6 Å². The fourth-order valence-electron chi connectivity index (χ4n) is 1.72. The molecule has 0 aromatic heterocycles. The van der Waals surface area contributed by atoms with Crippen LogP contribution in [0.3, 0.4) is 0 Å². The first kappa shape index (κ1) is 14.7. The average molecular weight is 338 g/mol. The predicted octanol–water partition coefficient (Wildman–Crippen LogP) is 3.05. The molecule has 3 nitrogen and oxygen atoms in total. The Morgan fingerprint density at radius 1 is 1.25 bits per heavy atom. The number of hydrogen-bond donors (Lipinski definition) is 2. The lowest BCUT2D eigenvalue weighted by Crippen LogP contribution is -2.28. The fourth-order valence-corrected chi connectivity index (χ4v) is 1.97. The van der Waals surface area contributed by atoms with Crippen LogP contribution in [0, 0.1) is 5.82 Å². The molecule has 104 valence electrons. The summed E-state index contributed by atoms with van der Waals surface area (Å²) in [5.41, 5.74) is 0.931. The van der Waals surface area contributed by atoms with E-state index in [4.69, 9.17) is 0 Å². The van der Waals surface area contributed by atoms with Gasteiger partial charge in [-0.2, -0.15) is 0 Å². The minimum absolute atomic E-state index is 0.0700. The van der Waals surface area contributed by atoms with Gasteiger partial charge in [0.05, 0.1) is 10.6 Å². The highest BCUT2D eigenvalue weighted by atomic mass is 79.9. The second kappa shape index (κ2) is 6.63. The van der Waals surface area contributed by atoms with E-state index in [1.54, 1.807) is 12.1 Å². The summed E-state index contributed by atoms with van der Waals surface area (Å²) in [6, 6.07) is 13.1. The largest absolute Gasteiger partial charge is 0.387 e. The van der Waals surface area contributed by atoms with E-state index in [-0.39, 0.29) is 12.1 Å². The molecule has 0 bridgehead atoms. The summed E-state index contributed by atoms with van der Waals surface area (Å²) in [7, 11) is 0. The van der Waals surface area contributed by atoms with Gasteiger partial charge in [-0.3, -0.25) is 4.79 Å². The Balaban J connectivity index is 1.97. The highest BCUT2D eigenvalue weighted by Gasteiger charge is 2.11. The number of carbonyl (C=O) groups is 1. The molecule has 0 fully saturated rings. The van der Waals surface area contributed by atoms with Crippen LogP contribution in [0.4, 0.5) is 4.39 Å². The van der Waals surface area contributed by atoms with Crippen molar-refractivity contribution in [3.05, 3.63) is 69.9 Å². The van der Waals surface area contributed by atoms with Gasteiger partial charge in [-0.25, -0.2) is 4.39 Å². The van der Waals surface area contributed by atoms with Crippen molar-refractivity contribution < 1.29 is 14.3 Å². The molecule has 20 heavy (non-hydrogen) atoms. The molecule has 0 saturated carbocycles. The Hall–Kier alpha value is -1.72. The van der Waals surface area contributed by atoms with Gasteiger partial charge in [0.2, 0.25) is 0 Å². The molecule has 1 amide bonds. The number of halogens is 2. The Morgan fingerprint density at radius 3 is 2.60 bits per heavy atom. The molecule has 0 aliphatic rings. The van der Waals surface area contributed by atoms with Crippen molar-refractivity contribution in [1.29, 1.82) is 0 Å². The van der Waals surface area contributed by atoms with E-state index in [1.807, 2.05) is 18.2 Å². The normalized spacial score (nSPS) is 11.9. The zero-order valence-corrected chi connectivity index (χ0v) is 12.1. The minimum Gasteiger partial charge on any atom is -0.387 e. The van der Waals surface area contributed by atoms with Crippen molar-refractivity contribution in [2.45, 2.75) is 6.10 Å². The number of nitrogens with one attached hydrogen (secondary N) is 1. The minimum atomic E-state index is -0.791. The maximum Gasteiger partial charge on any atom is 0.251 e. The topological polar surface area (TPSA) is 49.3 Å². The summed E-state index contributed by atoms with van der Waals surface area (Å²) in [6.45, 7) is 0.0700. The molecule has 0 spiro atoms. The molecule has 0 aliphatic carbocycles. The highest BCUT2D eigenvalue weighted by Crippen LogP contribution is 2.16. The standard InChI is InChI=1S/C15H13BrFNO2/c16-12-7-6-11(8-13(12)17)15(20)18-9-14(19)10-4-2-1-3-5-10/h1-8,14,19H,9H2,(H,18,20). The summed E-state index contributed by atoms with van der Waals surface area (Å²) in [4.78, 5) is 11.8. The molecule has 2 aromatic rings. The first-order chi connectivity index (χ1) is 9.58. The van der Waals surface area contributed by atoms with Crippen LogP contribution >= 0.6 is 15.9 Å². The summed E-state index contributed by atoms with van der Waals surface area (Å²) < 4.78 is 13.6. The summed E-state index contributed by atoms with van der Waals surface area (Å²) in [6.07, 6.45) is -0.791. The van der Waals surface area contributed by atoms with Crippen LogP contribution in [0.15, 0.2) is 53.0 Å². The van der Waals surface area contributed by atoms with Crippen LogP contribution in [0.25, 0.3) is 0 Å². The fraction of sp³-hybridized carbons (Fsp3) is 0.133. The molecule has 2 aromatic carbocycles. The molecule has 5 heteroatoms. The third kappa shape index (κ3) is 3.65. The zero-order chi connectivity index (χ0) is 14.5. The van der Waals surface area contributed by atoms with E-state index in [9.17, 15) is 14.3 Å². The number of aliphatic hydroxyl groups excluding tert-OH is 1. The van der Waals surface area contributed by atoms with Gasteiger partial charge in [-0.05, 0) is 39.7 Å². The Morgan fingerprint density at radius 2 is 1.95 bits per heavy atom. The monoisotopic (exact) mass is 337 g/mol. The van der Waals surface area contributed by atoms with Gasteiger partial charge in [-0.1, -0.05) is 30.3 Å². The van der Waals surface area contributed by atoms with Crippen molar-refractivity contribution in [2.75, 3.05) is 6.54 Å². The lowest BCUT2D eigenvalue weighted by Gasteiger charge is -2.12. The maximum absolute atomic E-state index is 13.3. The predicted molar refractivity (Wildman–Crippen MR) is 77.8 cm³/mol. The maximum atomic E-state index is 13.3. The number of aliphatic hydroxyl groups is 1. The smallest absolute Gasteiger partial charge is 0.251 e. The molecular formula is C15H13BrFNO2. The van der Waals surface area contributed by atoms with Crippen LogP contribution in [-0.4, -0.2) is 17.6 Å². The highest BCUT2D eigenvalue weighted by molar-refractivity contribution is 9.10. The zero-order valence-electron chi connectivity index (χ0n) is 10.5. The van der Waals surface area contributed by atoms with Gasteiger partial charge in [0.1, 0.15) is 5.82 Å². The number of amides is 1. The Kier molecular flexibility index (Phi) is 4.87. The van der Waals surface area contributed by atoms with Crippen molar-refractivity contribution in [3.63, 3.8) is 0 Å². The molecule has 1 atom stereocenters. The van der Waals surface area contributed by atoms with Gasteiger partial charge >= 0.3 is 0 Å². The van der Waals surface area contributed by atoms with Crippen molar-refractivity contribution in [2.24, 2.45) is 0 Å². The van der Waals surface area contributed by atoms with Gasteiger partial charge in [-0.15, -0.1) is 0 Å². The lowest BCUT2D eigenvalue weighted by atomic mass is 10.1. The third-order valence-corrected chi connectivity index (χ3v) is 3.47. The van der Waals surface area contributed by atoms with Gasteiger partial charge < -0.3 is 10.4 Å². The first-order valence-corrected chi connectivity index (χ1v) is 6.83. The SMILES string of the molecule is O=C(NCC(O)c1ccccc1)c1ccc(Br)c(F)c1. The molecule has 0 saturated heterocycles. The quantitative estimate of drug-likeness (QED) is 0.900. The molecule has 1 unspecified atom stereocenters. The van der Waals surface area contributed by atoms with E-state index < -0.39 is 17.8 Å². The summed E-state index contributed by atoms with van der Waals surface area (Å²) >= 11 is 3.02. The molecule has 0 aliphatic heterocycles. The van der Waals surface area contributed by atoms with E-state index in [2.05, 4.69) is 21.2 Å². The van der Waals surface area contributed by atoms with Crippen molar-refractivity contribution in [3.8, 4) is 0 Å². The van der Waals surface area contributed by atoms with Crippen LogP contribution < -0.4 is 5.32 Å². The van der Waals surface area contributed by atoms with E-state index in [0.29, 0.717) is 4.47 Å². The van der Waals surface area contributed by atoms with E-state index in [1.165, 1.54) is 12.1 Å². The molecule has 2 rings (SSSR count). The number of hydrogen-bond acceptors (Lipinski definition) is 2. The summed E-state index contributed by atoms with van der Waals surface area (Å²) in [5, 5.41) is 12.5. The van der Waals surface area contributed by atoms with Crippen LogP contribution in [0.5, 0.6) is 0 Å². The Bertz CT molecular complexity index is 604. The first-order valence-electron chi connectivity index (χ1n) is 6.04. The second-order valence-electron chi connectivity index (χ2n) is 4.27. The van der Waals surface area contributed by atoms with Crippen molar-refractivity contribution in [1.82, 2.24) is 5.32 Å². The molecule has 0 heterocycles. The lowest BCUT2D eigenvalue weighted by molar-refractivity contribution is 0.0916. The van der Waals surface area contributed by atoms with Crippen LogP contribution in [0.1, 0.15) is 22.0 Å². The number of rotatable bonds is 4. The van der Waals surface area contributed by atoms with Crippen molar-refractivity contribution >= 4 is 21.8 Å². The average Bonchev–Trinajstić information content (AvgIpc) is 2.48. The number of benzene rings is 2. The summed E-state index contributed by atoms with van der Waals surface area (Å²) in [5.74, 6) is -0.923. The van der Waals surface area contributed by atoms with Gasteiger partial charge in [0.15, 0.2) is 0 Å². The second-order valence-corrected chi connectivity index (χ2v) is 5.12. The van der Waals surface area contributed by atoms with Gasteiger partial charge in [0, 0.05) is 12.1 Å². The number of carbonyl (C=O) groups excluding carboxylic acids is 1. The van der Waals surface area contributed by atoms with Crippen LogP contribution in [-0.2, 0) is 0 Å². The third-order valence-electron chi connectivity index (χ3n) is 2.82. The molecule has 2 N–H and O–H groups in total. The van der Waals surface area contributed by atoms with Gasteiger partial charge in [0.25, 0.3) is 5.91 Å². The Labute approximate surface area is 124 Å². The molecular weight excluding hydrogens is 325 g/mol. The van der Waals surface area contributed by atoms with Crippen LogP contribution in [0.2, 0.25) is 0 Å². The van der Waals surface area contributed by atoms with E-state index >= 15 is 0 Å².